The van der Waals surface area contributed by atoms with E-state index in [0.29, 0.717) is 17.3 Å². The number of hydrogen-bond donors (Lipinski definition) is 1. The van der Waals surface area contributed by atoms with E-state index in [2.05, 4.69) is 20.3 Å². The molecule has 0 atom stereocenters. The fourth-order valence-electron chi connectivity index (χ4n) is 1.73. The van der Waals surface area contributed by atoms with Gasteiger partial charge in [0.25, 0.3) is 11.4 Å². The maximum Gasteiger partial charge on any atom is 0.278 e. The van der Waals surface area contributed by atoms with Gasteiger partial charge in [-0.05, 0) is 18.2 Å². The monoisotopic (exact) mass is 270 g/mol. The number of para-hydroxylation sites is 1. The van der Waals surface area contributed by atoms with Crippen LogP contribution in [0.25, 0.3) is 23.0 Å². The maximum absolute atomic E-state index is 11.0. The van der Waals surface area contributed by atoms with Crippen LogP contribution in [0, 0.1) is 0 Å². The Morgan fingerprint density at radius 2 is 2.05 bits per heavy atom. The molecular weight excluding hydrogens is 260 g/mol. The third-order valence-corrected chi connectivity index (χ3v) is 2.67. The molecule has 1 aromatic carbocycles. The lowest BCUT2D eigenvalue weighted by molar-refractivity contribution is 0.413. The molecule has 2 aromatic heterocycles. The van der Waals surface area contributed by atoms with Gasteiger partial charge in [-0.2, -0.15) is 10.1 Å². The van der Waals surface area contributed by atoms with E-state index in [-0.39, 0.29) is 11.4 Å². The summed E-state index contributed by atoms with van der Waals surface area (Å²) in [6.45, 7) is 0. The molecule has 0 saturated carbocycles. The smallest absolute Gasteiger partial charge is 0.278 e. The fourth-order valence-corrected chi connectivity index (χ4v) is 1.73. The summed E-state index contributed by atoms with van der Waals surface area (Å²) < 4.78 is 10.4. The van der Waals surface area contributed by atoms with Gasteiger partial charge < -0.3 is 9.26 Å². The van der Waals surface area contributed by atoms with Crippen molar-refractivity contribution in [1.29, 1.82) is 0 Å². The highest BCUT2D eigenvalue weighted by Crippen LogP contribution is 2.28. The molecule has 7 nitrogen and oxygen atoms in total. The Bertz CT molecular complexity index is 774. The van der Waals surface area contributed by atoms with Crippen LogP contribution in [0.3, 0.4) is 0 Å². The van der Waals surface area contributed by atoms with Crippen LogP contribution < -0.4 is 10.3 Å². The first-order valence-electron chi connectivity index (χ1n) is 5.81. The van der Waals surface area contributed by atoms with E-state index in [4.69, 9.17) is 9.26 Å². The number of methoxy groups -OCH3 is 1. The number of nitrogens with zero attached hydrogens (tertiary/aromatic N) is 3. The van der Waals surface area contributed by atoms with Crippen LogP contribution in [0.2, 0.25) is 0 Å². The Kier molecular flexibility index (Phi) is 3.00. The minimum Gasteiger partial charge on any atom is -0.496 e. The van der Waals surface area contributed by atoms with Crippen molar-refractivity contribution < 1.29 is 9.26 Å². The van der Waals surface area contributed by atoms with Crippen LogP contribution in [0.15, 0.2) is 45.7 Å². The summed E-state index contributed by atoms with van der Waals surface area (Å²) in [5, 5.41) is 10.0. The number of hydrogen-bond acceptors (Lipinski definition) is 6. The third-order valence-electron chi connectivity index (χ3n) is 2.67. The molecular formula is C13H10N4O3. The van der Waals surface area contributed by atoms with Crippen molar-refractivity contribution in [3.63, 3.8) is 0 Å². The van der Waals surface area contributed by atoms with Gasteiger partial charge in [0.1, 0.15) is 11.4 Å². The van der Waals surface area contributed by atoms with E-state index in [9.17, 15) is 4.79 Å². The minimum absolute atomic E-state index is 0.224. The standard InChI is InChI=1S/C13H10N4O3/c1-19-10-5-3-2-4-8(10)12-14-13(20-17-12)9-6-7-11(18)16-15-9/h2-7H,1H3,(H,16,18). The van der Waals surface area contributed by atoms with Gasteiger partial charge in [-0.1, -0.05) is 17.3 Å². The van der Waals surface area contributed by atoms with Gasteiger partial charge in [0, 0.05) is 6.07 Å². The molecule has 0 aliphatic rings. The van der Waals surface area contributed by atoms with Crippen LogP contribution in [-0.2, 0) is 0 Å². The minimum atomic E-state index is -0.293. The Balaban J connectivity index is 2.02. The number of aromatic amines is 1. The van der Waals surface area contributed by atoms with Crippen LogP contribution in [-0.4, -0.2) is 27.4 Å². The molecule has 20 heavy (non-hydrogen) atoms. The van der Waals surface area contributed by atoms with Crippen molar-refractivity contribution in [2.75, 3.05) is 7.11 Å². The van der Waals surface area contributed by atoms with Crippen molar-refractivity contribution in [2.45, 2.75) is 0 Å². The molecule has 1 N–H and O–H groups in total. The van der Waals surface area contributed by atoms with E-state index in [0.717, 1.165) is 5.56 Å². The molecule has 0 unspecified atom stereocenters. The summed E-state index contributed by atoms with van der Waals surface area (Å²) in [5.41, 5.74) is 0.825. The molecule has 0 aliphatic carbocycles. The second kappa shape index (κ2) is 4.96. The zero-order valence-electron chi connectivity index (χ0n) is 10.5. The maximum atomic E-state index is 11.0. The average Bonchev–Trinajstić information content (AvgIpc) is 2.97. The summed E-state index contributed by atoms with van der Waals surface area (Å²) in [5.74, 6) is 1.27. The first-order chi connectivity index (χ1) is 9.78. The molecule has 0 fully saturated rings. The third kappa shape index (κ3) is 2.16. The summed E-state index contributed by atoms with van der Waals surface area (Å²) >= 11 is 0. The molecule has 100 valence electrons. The van der Waals surface area contributed by atoms with Crippen molar-refractivity contribution >= 4 is 0 Å². The molecule has 0 radical (unpaired) electrons. The summed E-state index contributed by atoms with van der Waals surface area (Å²) in [6, 6.07) is 10.2. The number of rotatable bonds is 3. The summed E-state index contributed by atoms with van der Waals surface area (Å²) in [7, 11) is 1.57. The van der Waals surface area contributed by atoms with Gasteiger partial charge in [-0.3, -0.25) is 4.79 Å². The number of nitrogens with one attached hydrogen (secondary N) is 1. The van der Waals surface area contributed by atoms with Gasteiger partial charge in [0.2, 0.25) is 5.82 Å². The molecule has 7 heteroatoms. The van der Waals surface area contributed by atoms with Crippen molar-refractivity contribution in [3.05, 3.63) is 46.8 Å². The van der Waals surface area contributed by atoms with E-state index < -0.39 is 0 Å². The zero-order valence-corrected chi connectivity index (χ0v) is 10.5. The van der Waals surface area contributed by atoms with E-state index in [1.165, 1.54) is 12.1 Å². The Morgan fingerprint density at radius 3 is 2.80 bits per heavy atom. The van der Waals surface area contributed by atoms with Crippen LogP contribution in [0.1, 0.15) is 0 Å². The number of ether oxygens (including phenoxy) is 1. The van der Waals surface area contributed by atoms with E-state index in [1.54, 1.807) is 7.11 Å². The Morgan fingerprint density at radius 1 is 1.20 bits per heavy atom. The summed E-state index contributed by atoms with van der Waals surface area (Å²) in [4.78, 5) is 15.2. The number of benzene rings is 1. The van der Waals surface area contributed by atoms with Gasteiger partial charge >= 0.3 is 0 Å². The molecule has 3 aromatic rings. The highest BCUT2D eigenvalue weighted by molar-refractivity contribution is 5.65. The van der Waals surface area contributed by atoms with Gasteiger partial charge in [-0.25, -0.2) is 5.10 Å². The lowest BCUT2D eigenvalue weighted by Crippen LogP contribution is -2.05. The Labute approximate surface area is 113 Å². The van der Waals surface area contributed by atoms with Gasteiger partial charge in [-0.15, -0.1) is 0 Å². The van der Waals surface area contributed by atoms with Crippen LogP contribution in [0.4, 0.5) is 0 Å². The van der Waals surface area contributed by atoms with Crippen molar-refractivity contribution in [2.24, 2.45) is 0 Å². The lowest BCUT2D eigenvalue weighted by Gasteiger charge is -2.02. The normalized spacial score (nSPS) is 10.4. The van der Waals surface area contributed by atoms with Crippen LogP contribution >= 0.6 is 0 Å². The van der Waals surface area contributed by atoms with E-state index >= 15 is 0 Å². The first kappa shape index (κ1) is 12.1. The molecule has 0 saturated heterocycles. The zero-order chi connectivity index (χ0) is 13.9. The fraction of sp³-hybridized carbons (Fsp3) is 0.0769. The SMILES string of the molecule is COc1ccccc1-c1noc(-c2ccc(=O)[nH]n2)n1. The molecule has 0 aliphatic heterocycles. The Hall–Kier alpha value is -2.96. The number of H-pyrrole nitrogens is 1. The van der Waals surface area contributed by atoms with Crippen molar-refractivity contribution in [1.82, 2.24) is 20.3 Å². The molecule has 0 spiro atoms. The lowest BCUT2D eigenvalue weighted by atomic mass is 10.2. The average molecular weight is 270 g/mol. The second-order valence-electron chi connectivity index (χ2n) is 3.93. The van der Waals surface area contributed by atoms with Gasteiger partial charge in [0.15, 0.2) is 0 Å². The van der Waals surface area contributed by atoms with Crippen molar-refractivity contribution in [3.8, 4) is 28.7 Å². The number of aromatic nitrogens is 4. The highest BCUT2D eigenvalue weighted by atomic mass is 16.5. The van der Waals surface area contributed by atoms with Gasteiger partial charge in [0.05, 0.1) is 12.7 Å². The first-order valence-corrected chi connectivity index (χ1v) is 5.81. The quantitative estimate of drug-likeness (QED) is 0.775. The molecule has 3 rings (SSSR count). The second-order valence-corrected chi connectivity index (χ2v) is 3.93. The van der Waals surface area contributed by atoms with Crippen LogP contribution in [0.5, 0.6) is 5.75 Å². The predicted molar refractivity (Wildman–Crippen MR) is 70.1 cm³/mol. The van der Waals surface area contributed by atoms with E-state index in [1.807, 2.05) is 24.3 Å². The highest BCUT2D eigenvalue weighted by Gasteiger charge is 2.14. The molecule has 0 amide bonds. The largest absolute Gasteiger partial charge is 0.496 e. The summed E-state index contributed by atoms with van der Waals surface area (Å²) in [6.07, 6.45) is 0. The molecule has 2 heterocycles. The predicted octanol–water partition coefficient (Wildman–Crippen LogP) is 1.50. The molecule has 0 bridgehead atoms. The topological polar surface area (TPSA) is 93.9 Å².